The lowest BCUT2D eigenvalue weighted by Crippen LogP contribution is -2.47. The highest BCUT2D eigenvalue weighted by Crippen LogP contribution is 2.15. The molecule has 1 aliphatic rings. The molecule has 0 bridgehead atoms. The Labute approximate surface area is 130 Å². The van der Waals surface area contributed by atoms with Crippen LogP contribution in [0.4, 0.5) is 0 Å². The molecule has 1 saturated heterocycles. The first-order valence-corrected chi connectivity index (χ1v) is 7.63. The van der Waals surface area contributed by atoms with E-state index in [1.54, 1.807) is 12.1 Å². The molecule has 0 unspecified atom stereocenters. The smallest absolute Gasteiger partial charge is 0.268 e. The third-order valence-corrected chi connectivity index (χ3v) is 3.77. The Morgan fingerprint density at radius 2 is 1.77 bits per heavy atom. The van der Waals surface area contributed by atoms with Gasteiger partial charge in [-0.15, -0.1) is 0 Å². The van der Waals surface area contributed by atoms with Gasteiger partial charge in [-0.2, -0.15) is 5.10 Å². The summed E-state index contributed by atoms with van der Waals surface area (Å²) >= 11 is 0. The summed E-state index contributed by atoms with van der Waals surface area (Å²) in [4.78, 5) is 14.3. The summed E-state index contributed by atoms with van der Waals surface area (Å²) in [5.74, 6) is 0. The molecule has 0 N–H and O–H groups in total. The molecule has 2 aromatic rings. The van der Waals surface area contributed by atoms with E-state index in [2.05, 4.69) is 23.8 Å². The minimum atomic E-state index is -0.0773. The average Bonchev–Trinajstić information content (AvgIpc) is 2.49. The molecule has 0 saturated carbocycles. The van der Waals surface area contributed by atoms with Gasteiger partial charge in [0, 0.05) is 24.7 Å². The summed E-state index contributed by atoms with van der Waals surface area (Å²) in [6.45, 7) is 6.23. The van der Waals surface area contributed by atoms with Gasteiger partial charge in [0.2, 0.25) is 0 Å². The van der Waals surface area contributed by atoms with Crippen LogP contribution in [-0.2, 0) is 11.4 Å². The molecular weight excluding hydrogens is 278 g/mol. The maximum absolute atomic E-state index is 12.1. The van der Waals surface area contributed by atoms with Gasteiger partial charge in [0.05, 0.1) is 24.6 Å². The molecule has 1 aromatic carbocycles. The van der Waals surface area contributed by atoms with Gasteiger partial charge in [0.1, 0.15) is 0 Å². The molecule has 0 aliphatic carbocycles. The number of aromatic nitrogens is 2. The third-order valence-electron chi connectivity index (χ3n) is 3.77. The zero-order valence-electron chi connectivity index (χ0n) is 13.0. The second-order valence-corrected chi connectivity index (χ2v) is 5.86. The zero-order valence-corrected chi connectivity index (χ0v) is 13.0. The van der Waals surface area contributed by atoms with Crippen LogP contribution in [0.1, 0.15) is 13.8 Å². The van der Waals surface area contributed by atoms with Gasteiger partial charge in [0.15, 0.2) is 0 Å². The van der Waals surface area contributed by atoms with E-state index in [1.807, 2.05) is 30.3 Å². The molecule has 0 spiro atoms. The second-order valence-electron chi connectivity index (χ2n) is 5.86. The summed E-state index contributed by atoms with van der Waals surface area (Å²) < 4.78 is 7.26. The van der Waals surface area contributed by atoms with Gasteiger partial charge in [-0.1, -0.05) is 30.3 Å². The van der Waals surface area contributed by atoms with Crippen molar-refractivity contribution >= 4 is 0 Å². The number of hydrogen-bond acceptors (Lipinski definition) is 4. The number of benzene rings is 1. The molecular formula is C17H21N3O2. The Morgan fingerprint density at radius 3 is 2.45 bits per heavy atom. The topological polar surface area (TPSA) is 47.4 Å². The lowest BCUT2D eigenvalue weighted by Gasteiger charge is -2.35. The van der Waals surface area contributed by atoms with Gasteiger partial charge in [-0.3, -0.25) is 9.69 Å². The standard InChI is InChI=1S/C17H21N3O2/c1-13-10-19(11-14(2)22-13)12-20-17(21)9-8-16(18-20)15-6-4-3-5-7-15/h3-9,13-14H,10-12H2,1-2H3/t13-,14-/m0/s1. The van der Waals surface area contributed by atoms with E-state index >= 15 is 0 Å². The Balaban J connectivity index is 1.83. The maximum Gasteiger partial charge on any atom is 0.268 e. The minimum absolute atomic E-state index is 0.0773. The van der Waals surface area contributed by atoms with Crippen LogP contribution < -0.4 is 5.56 Å². The third kappa shape index (κ3) is 3.43. The predicted octanol–water partition coefficient (Wildman–Crippen LogP) is 1.98. The van der Waals surface area contributed by atoms with Crippen molar-refractivity contribution in [2.75, 3.05) is 13.1 Å². The van der Waals surface area contributed by atoms with Gasteiger partial charge < -0.3 is 4.74 Å². The first kappa shape index (κ1) is 14.9. The van der Waals surface area contributed by atoms with Crippen LogP contribution >= 0.6 is 0 Å². The summed E-state index contributed by atoms with van der Waals surface area (Å²) in [7, 11) is 0. The zero-order chi connectivity index (χ0) is 15.5. The Morgan fingerprint density at radius 1 is 1.09 bits per heavy atom. The first-order valence-electron chi connectivity index (χ1n) is 7.63. The lowest BCUT2D eigenvalue weighted by molar-refractivity contribution is -0.0779. The minimum Gasteiger partial charge on any atom is -0.373 e. The van der Waals surface area contributed by atoms with Crippen LogP contribution in [0.2, 0.25) is 0 Å². The van der Waals surface area contributed by atoms with Gasteiger partial charge >= 0.3 is 0 Å². The van der Waals surface area contributed by atoms with E-state index in [9.17, 15) is 4.79 Å². The highest BCUT2D eigenvalue weighted by atomic mass is 16.5. The molecule has 0 radical (unpaired) electrons. The fourth-order valence-electron chi connectivity index (χ4n) is 2.90. The van der Waals surface area contributed by atoms with E-state index < -0.39 is 0 Å². The van der Waals surface area contributed by atoms with E-state index in [1.165, 1.54) is 4.68 Å². The molecule has 2 heterocycles. The number of morpholine rings is 1. The SMILES string of the molecule is C[C@H]1CN(Cn2nc(-c3ccccc3)ccc2=O)C[C@H](C)O1. The van der Waals surface area contributed by atoms with Crippen LogP contribution in [0.15, 0.2) is 47.3 Å². The largest absolute Gasteiger partial charge is 0.373 e. The number of nitrogens with zero attached hydrogens (tertiary/aromatic N) is 3. The van der Waals surface area contributed by atoms with Crippen LogP contribution in [0, 0.1) is 0 Å². The monoisotopic (exact) mass is 299 g/mol. The highest BCUT2D eigenvalue weighted by Gasteiger charge is 2.22. The van der Waals surface area contributed by atoms with Crippen molar-refractivity contribution in [3.8, 4) is 11.3 Å². The molecule has 116 valence electrons. The molecule has 5 nitrogen and oxygen atoms in total. The Hall–Kier alpha value is -1.98. The van der Waals surface area contributed by atoms with Gasteiger partial charge in [-0.25, -0.2) is 4.68 Å². The fourth-order valence-corrected chi connectivity index (χ4v) is 2.90. The van der Waals surface area contributed by atoms with Gasteiger partial charge in [-0.05, 0) is 19.9 Å². The van der Waals surface area contributed by atoms with E-state index in [4.69, 9.17) is 4.74 Å². The van der Waals surface area contributed by atoms with Crippen molar-refractivity contribution < 1.29 is 4.74 Å². The molecule has 2 atom stereocenters. The van der Waals surface area contributed by atoms with Crippen molar-refractivity contribution in [3.63, 3.8) is 0 Å². The summed E-state index contributed by atoms with van der Waals surface area (Å²) in [5.41, 5.74) is 1.75. The summed E-state index contributed by atoms with van der Waals surface area (Å²) in [5, 5.41) is 4.51. The normalized spacial score (nSPS) is 22.6. The van der Waals surface area contributed by atoms with Gasteiger partial charge in [0.25, 0.3) is 5.56 Å². The van der Waals surface area contributed by atoms with Crippen molar-refractivity contribution in [2.24, 2.45) is 0 Å². The van der Waals surface area contributed by atoms with E-state index in [-0.39, 0.29) is 17.8 Å². The average molecular weight is 299 g/mol. The van der Waals surface area contributed by atoms with Crippen LogP contribution in [-0.4, -0.2) is 40.0 Å². The maximum atomic E-state index is 12.1. The highest BCUT2D eigenvalue weighted by molar-refractivity contribution is 5.57. The molecule has 1 aromatic heterocycles. The van der Waals surface area contributed by atoms with Crippen LogP contribution in [0.25, 0.3) is 11.3 Å². The lowest BCUT2D eigenvalue weighted by atomic mass is 10.1. The fraction of sp³-hybridized carbons (Fsp3) is 0.412. The van der Waals surface area contributed by atoms with Crippen molar-refractivity contribution in [3.05, 3.63) is 52.8 Å². The second kappa shape index (κ2) is 6.42. The van der Waals surface area contributed by atoms with Crippen molar-refractivity contribution in [1.29, 1.82) is 0 Å². The Kier molecular flexibility index (Phi) is 4.36. The number of hydrogen-bond donors (Lipinski definition) is 0. The van der Waals surface area contributed by atoms with E-state index in [0.29, 0.717) is 6.67 Å². The number of rotatable bonds is 3. The van der Waals surface area contributed by atoms with Crippen molar-refractivity contribution in [1.82, 2.24) is 14.7 Å². The molecule has 0 amide bonds. The molecule has 1 aliphatic heterocycles. The van der Waals surface area contributed by atoms with Crippen LogP contribution in [0.5, 0.6) is 0 Å². The predicted molar refractivity (Wildman–Crippen MR) is 85.5 cm³/mol. The summed E-state index contributed by atoms with van der Waals surface area (Å²) in [6, 6.07) is 13.3. The van der Waals surface area contributed by atoms with Crippen molar-refractivity contribution in [2.45, 2.75) is 32.7 Å². The molecule has 1 fully saturated rings. The Bertz CT molecular complexity index is 674. The quantitative estimate of drug-likeness (QED) is 0.869. The molecule has 3 rings (SSSR count). The van der Waals surface area contributed by atoms with Crippen LogP contribution in [0.3, 0.4) is 0 Å². The first-order chi connectivity index (χ1) is 10.6. The number of ether oxygens (including phenoxy) is 1. The molecule has 22 heavy (non-hydrogen) atoms. The summed E-state index contributed by atoms with van der Waals surface area (Å²) in [6.07, 6.45) is 0.355. The molecule has 5 heteroatoms. The van der Waals surface area contributed by atoms with E-state index in [0.717, 1.165) is 24.3 Å².